The molecule has 175 valence electrons. The molecule has 6 aromatic rings. The molecular formula is C27H18IrN3O3S-. The molecule has 1 N–H and O–H groups in total. The first-order valence-electron chi connectivity index (χ1n) is 10.6. The van der Waals surface area contributed by atoms with Gasteiger partial charge in [0.15, 0.2) is 5.03 Å². The summed E-state index contributed by atoms with van der Waals surface area (Å²) in [7, 11) is -1.98. The molecule has 0 saturated heterocycles. The second kappa shape index (κ2) is 8.66. The van der Waals surface area contributed by atoms with Crippen molar-refractivity contribution in [2.24, 2.45) is 7.05 Å². The topological polar surface area (TPSA) is 85.1 Å². The van der Waals surface area contributed by atoms with Crippen LogP contribution in [0.25, 0.3) is 55.1 Å². The van der Waals surface area contributed by atoms with Gasteiger partial charge in [0.1, 0.15) is 0 Å². The summed E-state index contributed by atoms with van der Waals surface area (Å²) in [6.07, 6.45) is 1.29. The van der Waals surface area contributed by atoms with E-state index in [2.05, 4.69) is 71.2 Å². The summed E-state index contributed by atoms with van der Waals surface area (Å²) in [6, 6.07) is 28.9. The number of pyridine rings is 2. The molecule has 0 fully saturated rings. The Balaban J connectivity index is 0.000000197. The van der Waals surface area contributed by atoms with Crippen molar-refractivity contribution in [2.75, 3.05) is 0 Å². The first-order chi connectivity index (χ1) is 16.4. The van der Waals surface area contributed by atoms with Crippen molar-refractivity contribution in [3.63, 3.8) is 0 Å². The zero-order chi connectivity index (χ0) is 23.4. The number of fused-ring (bicyclic) bond motifs is 7. The standard InChI is InChI=1S/C22H13N2.C5H5NO3S.Ir/c1-24-18-12-5-4-9-16(18)21-22(24)20-15-8-3-2-7-13(15)14-10-6-11-17(23-21)19(14)20;7-10(8,9)5-3-1-2-4-6-5;/h2-8,10-12H,1H3;1-4H,(H,7,8,9);/q-1;;. The number of nitrogens with zero attached hydrogens (tertiary/aromatic N) is 3. The molecule has 3 aromatic carbocycles. The minimum Gasteiger partial charge on any atom is -0.390 e. The Hall–Kier alpha value is -3.42. The van der Waals surface area contributed by atoms with Crippen LogP contribution in [0.4, 0.5) is 0 Å². The van der Waals surface area contributed by atoms with Crippen LogP contribution in [-0.4, -0.2) is 27.5 Å². The zero-order valence-corrected chi connectivity index (χ0v) is 21.6. The predicted molar refractivity (Wildman–Crippen MR) is 133 cm³/mol. The van der Waals surface area contributed by atoms with Gasteiger partial charge in [-0.3, -0.25) is 9.54 Å². The second-order valence-corrected chi connectivity index (χ2v) is 9.43. The smallest absolute Gasteiger partial charge is 0.312 e. The average molecular weight is 657 g/mol. The fourth-order valence-electron chi connectivity index (χ4n) is 4.75. The maximum absolute atomic E-state index is 10.3. The maximum Gasteiger partial charge on any atom is 0.312 e. The van der Waals surface area contributed by atoms with E-state index in [1.165, 1.54) is 57.0 Å². The minimum absolute atomic E-state index is 0. The van der Waals surface area contributed by atoms with Crippen molar-refractivity contribution in [3.8, 4) is 22.3 Å². The quantitative estimate of drug-likeness (QED) is 0.182. The van der Waals surface area contributed by atoms with Gasteiger partial charge in [0.25, 0.3) is 0 Å². The Bertz CT molecular complexity index is 1850. The SMILES string of the molecule is Cn1c2ccc[c-]c2c2nc3cccc4c3c(c21)-c1ccccc1-4.O=S(=O)(O)c1ccccn1.[Ir]. The van der Waals surface area contributed by atoms with Crippen molar-refractivity contribution in [1.82, 2.24) is 14.5 Å². The van der Waals surface area contributed by atoms with Gasteiger partial charge in [-0.15, -0.1) is 24.3 Å². The van der Waals surface area contributed by atoms with Crippen LogP contribution in [0, 0.1) is 6.07 Å². The van der Waals surface area contributed by atoms with Gasteiger partial charge in [-0.1, -0.05) is 47.9 Å². The first-order valence-corrected chi connectivity index (χ1v) is 12.1. The van der Waals surface area contributed by atoms with Crippen molar-refractivity contribution < 1.29 is 33.1 Å². The van der Waals surface area contributed by atoms with E-state index in [0.717, 1.165) is 16.4 Å². The van der Waals surface area contributed by atoms with E-state index in [0.29, 0.717) is 0 Å². The number of aryl methyl sites for hydroxylation is 1. The molecule has 7 rings (SSSR count). The van der Waals surface area contributed by atoms with Crippen molar-refractivity contribution in [1.29, 1.82) is 0 Å². The molecule has 0 aliphatic heterocycles. The van der Waals surface area contributed by atoms with Crippen LogP contribution in [-0.2, 0) is 37.3 Å². The monoisotopic (exact) mass is 657 g/mol. The molecule has 0 bridgehead atoms. The Morgan fingerprint density at radius 2 is 1.63 bits per heavy atom. The number of hydrogen-bond acceptors (Lipinski definition) is 4. The van der Waals surface area contributed by atoms with Crippen LogP contribution in [0.3, 0.4) is 0 Å². The molecule has 0 unspecified atom stereocenters. The van der Waals surface area contributed by atoms with Crippen LogP contribution < -0.4 is 0 Å². The normalized spacial score (nSPS) is 11.7. The fourth-order valence-corrected chi connectivity index (χ4v) is 5.19. The third kappa shape index (κ3) is 3.66. The number of aromatic nitrogens is 3. The van der Waals surface area contributed by atoms with Gasteiger partial charge in [-0.25, -0.2) is 4.98 Å². The van der Waals surface area contributed by atoms with Crippen molar-refractivity contribution in [3.05, 3.63) is 91.1 Å². The van der Waals surface area contributed by atoms with E-state index in [1.807, 2.05) is 12.1 Å². The molecule has 0 amide bonds. The predicted octanol–water partition coefficient (Wildman–Crippen LogP) is 5.65. The Morgan fingerprint density at radius 3 is 2.34 bits per heavy atom. The van der Waals surface area contributed by atoms with Crippen LogP contribution in [0.15, 0.2) is 90.1 Å². The van der Waals surface area contributed by atoms with Gasteiger partial charge in [0.2, 0.25) is 0 Å². The molecule has 8 heteroatoms. The molecule has 6 nitrogen and oxygen atoms in total. The Labute approximate surface area is 215 Å². The molecular weight excluding hydrogens is 639 g/mol. The van der Waals surface area contributed by atoms with Crippen LogP contribution in [0.5, 0.6) is 0 Å². The molecule has 3 heterocycles. The molecule has 0 spiro atoms. The summed E-state index contributed by atoms with van der Waals surface area (Å²) >= 11 is 0. The zero-order valence-electron chi connectivity index (χ0n) is 18.4. The van der Waals surface area contributed by atoms with E-state index in [4.69, 9.17) is 9.54 Å². The number of hydrogen-bond donors (Lipinski definition) is 1. The molecule has 1 aliphatic carbocycles. The van der Waals surface area contributed by atoms with Crippen molar-refractivity contribution in [2.45, 2.75) is 5.03 Å². The summed E-state index contributed by atoms with van der Waals surface area (Å²) in [6.45, 7) is 0. The molecule has 1 radical (unpaired) electrons. The summed E-state index contributed by atoms with van der Waals surface area (Å²) in [5.41, 5.74) is 9.72. The number of rotatable bonds is 1. The van der Waals surface area contributed by atoms with Crippen LogP contribution in [0.1, 0.15) is 0 Å². The minimum atomic E-state index is -4.11. The van der Waals surface area contributed by atoms with Gasteiger partial charge < -0.3 is 4.57 Å². The van der Waals surface area contributed by atoms with E-state index < -0.39 is 10.1 Å². The summed E-state index contributed by atoms with van der Waals surface area (Å²) in [5.74, 6) is 0. The summed E-state index contributed by atoms with van der Waals surface area (Å²) < 4.78 is 31.3. The van der Waals surface area contributed by atoms with E-state index in [1.54, 1.807) is 6.07 Å². The Morgan fingerprint density at radius 1 is 0.886 bits per heavy atom. The van der Waals surface area contributed by atoms with E-state index in [9.17, 15) is 8.42 Å². The molecule has 0 saturated carbocycles. The largest absolute Gasteiger partial charge is 0.390 e. The molecule has 0 atom stereocenters. The van der Waals surface area contributed by atoms with E-state index in [-0.39, 0.29) is 25.1 Å². The van der Waals surface area contributed by atoms with Gasteiger partial charge in [0.05, 0.1) is 5.52 Å². The van der Waals surface area contributed by atoms with Gasteiger partial charge in [0, 0.05) is 55.3 Å². The Kier molecular flexibility index (Phi) is 5.77. The average Bonchev–Trinajstić information content (AvgIpc) is 3.34. The van der Waals surface area contributed by atoms with Crippen molar-refractivity contribution >= 4 is 43.0 Å². The van der Waals surface area contributed by atoms with Gasteiger partial charge >= 0.3 is 10.1 Å². The van der Waals surface area contributed by atoms with Crippen LogP contribution >= 0.6 is 0 Å². The third-order valence-electron chi connectivity index (χ3n) is 6.14. The van der Waals surface area contributed by atoms with E-state index >= 15 is 0 Å². The molecule has 1 aliphatic rings. The fraction of sp³-hybridized carbons (Fsp3) is 0.0370. The van der Waals surface area contributed by atoms with Crippen LogP contribution in [0.2, 0.25) is 0 Å². The third-order valence-corrected chi connectivity index (χ3v) is 6.91. The first kappa shape index (κ1) is 23.3. The maximum atomic E-state index is 10.3. The second-order valence-electron chi connectivity index (χ2n) is 8.06. The van der Waals surface area contributed by atoms with Gasteiger partial charge in [-0.05, 0) is 40.4 Å². The summed E-state index contributed by atoms with van der Waals surface area (Å²) in [5, 5.41) is 2.05. The van der Waals surface area contributed by atoms with Gasteiger partial charge in [-0.2, -0.15) is 8.42 Å². The number of benzene rings is 3. The molecule has 35 heavy (non-hydrogen) atoms. The summed E-state index contributed by atoms with van der Waals surface area (Å²) in [4.78, 5) is 8.43. The molecule has 3 aromatic heterocycles.